The fourth-order valence-corrected chi connectivity index (χ4v) is 6.31. The number of benzene rings is 2. The van der Waals surface area contributed by atoms with Crippen molar-refractivity contribution < 1.29 is 17.9 Å². The van der Waals surface area contributed by atoms with Crippen LogP contribution in [0, 0.1) is 24.7 Å². The molecule has 0 saturated heterocycles. The number of rotatable bonds is 7. The Labute approximate surface area is 178 Å². The maximum atomic E-state index is 13.0. The highest BCUT2D eigenvalue weighted by atomic mass is 32.2. The quantitative estimate of drug-likeness (QED) is 0.677. The molecule has 0 spiro atoms. The summed E-state index contributed by atoms with van der Waals surface area (Å²) in [4.78, 5) is 12.7. The molecular formula is C23H28N2O4S. The van der Waals surface area contributed by atoms with Gasteiger partial charge in [0, 0.05) is 12.1 Å². The van der Waals surface area contributed by atoms with Crippen LogP contribution in [-0.2, 0) is 14.8 Å². The van der Waals surface area contributed by atoms with Gasteiger partial charge in [0.25, 0.3) is 10.0 Å². The summed E-state index contributed by atoms with van der Waals surface area (Å²) in [7, 11) is -2.35. The van der Waals surface area contributed by atoms with E-state index < -0.39 is 10.0 Å². The highest BCUT2D eigenvalue weighted by Crippen LogP contribution is 2.49. The lowest BCUT2D eigenvalue weighted by molar-refractivity contribution is -0.117. The predicted molar refractivity (Wildman–Crippen MR) is 117 cm³/mol. The number of hydrogen-bond acceptors (Lipinski definition) is 4. The first-order valence-corrected chi connectivity index (χ1v) is 11.9. The lowest BCUT2D eigenvalue weighted by Gasteiger charge is -2.21. The Morgan fingerprint density at radius 3 is 2.63 bits per heavy atom. The first kappa shape index (κ1) is 20.7. The first-order chi connectivity index (χ1) is 14.4. The number of carbonyl (C=O) groups is 1. The minimum absolute atomic E-state index is 0.0440. The molecule has 1 amide bonds. The van der Waals surface area contributed by atoms with Crippen LogP contribution in [0.4, 0.5) is 11.4 Å². The average Bonchev–Trinajstić information content (AvgIpc) is 3.32. The minimum Gasteiger partial charge on any atom is -0.495 e. The molecule has 160 valence electrons. The summed E-state index contributed by atoms with van der Waals surface area (Å²) in [5.74, 6) is 2.33. The summed E-state index contributed by atoms with van der Waals surface area (Å²) in [5.41, 5.74) is 1.46. The zero-order chi connectivity index (χ0) is 21.3. The van der Waals surface area contributed by atoms with Crippen LogP contribution < -0.4 is 14.8 Å². The Hall–Kier alpha value is -2.54. The number of hydrogen-bond donors (Lipinski definition) is 2. The number of methoxy groups -OCH3 is 1. The number of ether oxygens (including phenoxy) is 1. The van der Waals surface area contributed by atoms with Crippen molar-refractivity contribution in [3.8, 4) is 5.75 Å². The second kappa shape index (κ2) is 8.30. The van der Waals surface area contributed by atoms with E-state index in [9.17, 15) is 13.2 Å². The normalized spacial score (nSPS) is 22.7. The lowest BCUT2D eigenvalue weighted by Crippen LogP contribution is -2.21. The lowest BCUT2D eigenvalue weighted by atomic mass is 9.86. The standard InChI is InChI=1S/C23H28N2O4S/c1-15-7-10-19(24-23(26)13-18-12-16-8-9-17(18)11-16)14-22(15)30(27,28)25-20-5-3-4-6-21(20)29-2/h3-7,10,14,16-18,25H,8-9,11-13H2,1-2H3,(H,24,26). The van der Waals surface area contributed by atoms with Gasteiger partial charge in [0.15, 0.2) is 0 Å². The Kier molecular flexibility index (Phi) is 5.73. The van der Waals surface area contributed by atoms with Crippen molar-refractivity contribution in [3.05, 3.63) is 48.0 Å². The molecule has 0 aliphatic heterocycles. The van der Waals surface area contributed by atoms with Gasteiger partial charge < -0.3 is 10.1 Å². The third kappa shape index (κ3) is 4.31. The number of amides is 1. The van der Waals surface area contributed by atoms with Gasteiger partial charge in [-0.1, -0.05) is 24.6 Å². The highest BCUT2D eigenvalue weighted by Gasteiger charge is 2.40. The maximum Gasteiger partial charge on any atom is 0.262 e. The van der Waals surface area contributed by atoms with Gasteiger partial charge in [0.1, 0.15) is 5.75 Å². The molecule has 3 atom stereocenters. The number of para-hydroxylation sites is 2. The number of sulfonamides is 1. The van der Waals surface area contributed by atoms with Crippen molar-refractivity contribution in [1.82, 2.24) is 0 Å². The van der Waals surface area contributed by atoms with E-state index in [2.05, 4.69) is 10.0 Å². The first-order valence-electron chi connectivity index (χ1n) is 10.4. The van der Waals surface area contributed by atoms with Crippen LogP contribution in [0.1, 0.15) is 37.7 Å². The maximum absolute atomic E-state index is 13.0. The summed E-state index contributed by atoms with van der Waals surface area (Å²) in [6.07, 6.45) is 5.47. The molecule has 3 unspecified atom stereocenters. The van der Waals surface area contributed by atoms with E-state index >= 15 is 0 Å². The Morgan fingerprint density at radius 1 is 1.13 bits per heavy atom. The van der Waals surface area contributed by atoms with Crippen LogP contribution in [0.2, 0.25) is 0 Å². The van der Waals surface area contributed by atoms with Gasteiger partial charge in [0.05, 0.1) is 17.7 Å². The second-order valence-corrected chi connectivity index (χ2v) is 10.1. The zero-order valence-corrected chi connectivity index (χ0v) is 18.2. The highest BCUT2D eigenvalue weighted by molar-refractivity contribution is 7.92. The molecule has 0 aromatic heterocycles. The average molecular weight is 429 g/mol. The van der Waals surface area contributed by atoms with Gasteiger partial charge in [0.2, 0.25) is 5.91 Å². The van der Waals surface area contributed by atoms with Gasteiger partial charge in [-0.3, -0.25) is 9.52 Å². The van der Waals surface area contributed by atoms with E-state index in [1.54, 1.807) is 43.3 Å². The molecule has 4 rings (SSSR count). The molecule has 0 heterocycles. The zero-order valence-electron chi connectivity index (χ0n) is 17.4. The number of nitrogens with one attached hydrogen (secondary N) is 2. The smallest absolute Gasteiger partial charge is 0.262 e. The van der Waals surface area contributed by atoms with Gasteiger partial charge in [-0.2, -0.15) is 0 Å². The van der Waals surface area contributed by atoms with Crippen LogP contribution in [0.3, 0.4) is 0 Å². The summed E-state index contributed by atoms with van der Waals surface area (Å²) in [5, 5.41) is 2.90. The van der Waals surface area contributed by atoms with Crippen molar-refractivity contribution >= 4 is 27.3 Å². The van der Waals surface area contributed by atoms with Gasteiger partial charge >= 0.3 is 0 Å². The summed E-state index contributed by atoms with van der Waals surface area (Å²) in [6.45, 7) is 1.73. The topological polar surface area (TPSA) is 84.5 Å². The van der Waals surface area contributed by atoms with Crippen molar-refractivity contribution in [3.63, 3.8) is 0 Å². The Bertz CT molecular complexity index is 1050. The van der Waals surface area contributed by atoms with Gasteiger partial charge in [-0.25, -0.2) is 8.42 Å². The minimum atomic E-state index is -3.85. The Balaban J connectivity index is 1.49. The van der Waals surface area contributed by atoms with E-state index in [1.807, 2.05) is 0 Å². The molecule has 30 heavy (non-hydrogen) atoms. The van der Waals surface area contributed by atoms with E-state index in [1.165, 1.54) is 32.4 Å². The molecule has 2 fully saturated rings. The molecule has 2 bridgehead atoms. The number of fused-ring (bicyclic) bond motifs is 2. The van der Waals surface area contributed by atoms with Crippen LogP contribution in [0.5, 0.6) is 5.75 Å². The molecule has 2 N–H and O–H groups in total. The van der Waals surface area contributed by atoms with E-state index in [-0.39, 0.29) is 10.8 Å². The van der Waals surface area contributed by atoms with Crippen molar-refractivity contribution in [2.75, 3.05) is 17.1 Å². The molecule has 0 radical (unpaired) electrons. The van der Waals surface area contributed by atoms with Gasteiger partial charge in [-0.15, -0.1) is 0 Å². The third-order valence-electron chi connectivity index (χ3n) is 6.44. The van der Waals surface area contributed by atoms with Crippen LogP contribution in [-0.4, -0.2) is 21.4 Å². The largest absolute Gasteiger partial charge is 0.495 e. The Morgan fingerprint density at radius 2 is 1.93 bits per heavy atom. The fourth-order valence-electron chi connectivity index (χ4n) is 4.97. The summed E-state index contributed by atoms with van der Waals surface area (Å²) in [6, 6.07) is 11.8. The van der Waals surface area contributed by atoms with Crippen LogP contribution in [0.25, 0.3) is 0 Å². The van der Waals surface area contributed by atoms with E-state index in [0.717, 1.165) is 12.3 Å². The van der Waals surface area contributed by atoms with Crippen molar-refractivity contribution in [2.45, 2.75) is 43.9 Å². The third-order valence-corrected chi connectivity index (χ3v) is 7.95. The fraction of sp³-hybridized carbons (Fsp3) is 0.435. The van der Waals surface area contributed by atoms with Crippen LogP contribution >= 0.6 is 0 Å². The SMILES string of the molecule is COc1ccccc1NS(=O)(=O)c1cc(NC(=O)CC2CC3CCC2C3)ccc1C. The van der Waals surface area contributed by atoms with Crippen molar-refractivity contribution in [1.29, 1.82) is 0 Å². The molecule has 2 aromatic carbocycles. The number of carbonyl (C=O) groups excluding carboxylic acids is 1. The summed E-state index contributed by atoms with van der Waals surface area (Å²) >= 11 is 0. The molecule has 2 aliphatic carbocycles. The molecule has 2 saturated carbocycles. The van der Waals surface area contributed by atoms with E-state index in [4.69, 9.17) is 4.74 Å². The monoisotopic (exact) mass is 428 g/mol. The predicted octanol–water partition coefficient (Wildman–Crippen LogP) is 4.57. The van der Waals surface area contributed by atoms with E-state index in [0.29, 0.717) is 40.9 Å². The number of anilines is 2. The molecule has 2 aliphatic rings. The molecular weight excluding hydrogens is 400 g/mol. The van der Waals surface area contributed by atoms with Crippen LogP contribution in [0.15, 0.2) is 47.4 Å². The molecule has 7 heteroatoms. The molecule has 6 nitrogen and oxygen atoms in total. The number of aryl methyl sites for hydroxylation is 1. The van der Waals surface area contributed by atoms with Gasteiger partial charge in [-0.05, 0) is 73.8 Å². The molecule has 2 aromatic rings. The van der Waals surface area contributed by atoms with Crippen molar-refractivity contribution in [2.24, 2.45) is 17.8 Å². The second-order valence-electron chi connectivity index (χ2n) is 8.47. The summed E-state index contributed by atoms with van der Waals surface area (Å²) < 4.78 is 33.9.